The second-order valence-corrected chi connectivity index (χ2v) is 3.91. The highest BCUT2D eigenvalue weighted by atomic mass is 16.3. The highest BCUT2D eigenvalue weighted by Crippen LogP contribution is 2.12. The van der Waals surface area contributed by atoms with Gasteiger partial charge >= 0.3 is 0 Å². The summed E-state index contributed by atoms with van der Waals surface area (Å²) >= 11 is 0. The van der Waals surface area contributed by atoms with Crippen LogP contribution in [0.15, 0.2) is 60.0 Å². The molecular formula is C14H11N3O. The third kappa shape index (κ3) is 1.96. The van der Waals surface area contributed by atoms with Crippen molar-refractivity contribution in [1.29, 1.82) is 0 Å². The molecule has 1 aromatic heterocycles. The lowest BCUT2D eigenvalue weighted by Crippen LogP contribution is -1.88. The summed E-state index contributed by atoms with van der Waals surface area (Å²) in [6, 6.07) is 14.7. The van der Waals surface area contributed by atoms with E-state index in [1.807, 2.05) is 24.3 Å². The van der Waals surface area contributed by atoms with Gasteiger partial charge in [-0.15, -0.1) is 0 Å². The molecule has 0 radical (unpaired) electrons. The van der Waals surface area contributed by atoms with E-state index in [9.17, 15) is 5.11 Å². The molecule has 1 N–H and O–H groups in total. The predicted octanol–water partition coefficient (Wildman–Crippen LogP) is 2.62. The van der Waals surface area contributed by atoms with Crippen LogP contribution in [0.5, 0.6) is 5.75 Å². The van der Waals surface area contributed by atoms with Crippen molar-refractivity contribution in [3.63, 3.8) is 0 Å². The lowest BCUT2D eigenvalue weighted by atomic mass is 10.2. The van der Waals surface area contributed by atoms with Gasteiger partial charge in [0.25, 0.3) is 0 Å². The molecule has 0 amide bonds. The summed E-state index contributed by atoms with van der Waals surface area (Å²) in [5.41, 5.74) is 2.80. The summed E-state index contributed by atoms with van der Waals surface area (Å²) in [4.78, 5) is 4.25. The molecule has 0 unspecified atom stereocenters. The molecule has 0 spiro atoms. The standard InChI is InChI=1S/C14H11N3O/c18-12-7-5-11(6-8-12)9-16-17-10-15-13-3-1-2-4-14(13)17/h1-10,18H. The van der Waals surface area contributed by atoms with Gasteiger partial charge in [-0.25, -0.2) is 9.66 Å². The van der Waals surface area contributed by atoms with Gasteiger partial charge in [-0.1, -0.05) is 12.1 Å². The molecule has 4 heteroatoms. The summed E-state index contributed by atoms with van der Waals surface area (Å²) in [5.74, 6) is 0.250. The maximum atomic E-state index is 9.19. The van der Waals surface area contributed by atoms with Crippen molar-refractivity contribution >= 4 is 17.2 Å². The largest absolute Gasteiger partial charge is 0.508 e. The van der Waals surface area contributed by atoms with Crippen molar-refractivity contribution in [2.45, 2.75) is 0 Å². The average Bonchev–Trinajstić information content (AvgIpc) is 2.82. The number of rotatable bonds is 2. The molecule has 18 heavy (non-hydrogen) atoms. The quantitative estimate of drug-likeness (QED) is 0.696. The Hall–Kier alpha value is -2.62. The molecule has 2 aromatic carbocycles. The molecule has 4 nitrogen and oxygen atoms in total. The lowest BCUT2D eigenvalue weighted by Gasteiger charge is -1.96. The van der Waals surface area contributed by atoms with Crippen LogP contribution in [0.2, 0.25) is 0 Å². The number of aromatic hydroxyl groups is 1. The van der Waals surface area contributed by atoms with E-state index in [0.29, 0.717) is 0 Å². The van der Waals surface area contributed by atoms with Gasteiger partial charge in [0.05, 0.1) is 17.2 Å². The zero-order valence-electron chi connectivity index (χ0n) is 9.56. The number of para-hydroxylation sites is 2. The Morgan fingerprint density at radius 2 is 1.83 bits per heavy atom. The number of phenolic OH excluding ortho intramolecular Hbond substituents is 1. The van der Waals surface area contributed by atoms with E-state index in [1.54, 1.807) is 41.5 Å². The van der Waals surface area contributed by atoms with E-state index in [4.69, 9.17) is 0 Å². The second kappa shape index (κ2) is 4.33. The smallest absolute Gasteiger partial charge is 0.118 e. The maximum Gasteiger partial charge on any atom is 0.118 e. The first kappa shape index (κ1) is 10.5. The number of hydrogen-bond acceptors (Lipinski definition) is 3. The van der Waals surface area contributed by atoms with E-state index in [2.05, 4.69) is 10.1 Å². The normalized spacial score (nSPS) is 11.3. The molecule has 0 aliphatic carbocycles. The van der Waals surface area contributed by atoms with Crippen molar-refractivity contribution in [1.82, 2.24) is 9.66 Å². The van der Waals surface area contributed by atoms with Gasteiger partial charge in [0.15, 0.2) is 0 Å². The van der Waals surface area contributed by atoms with Crippen LogP contribution in [0.1, 0.15) is 5.56 Å². The minimum Gasteiger partial charge on any atom is -0.508 e. The highest BCUT2D eigenvalue weighted by molar-refractivity contribution is 5.81. The Bertz CT molecular complexity index is 698. The fraction of sp³-hybridized carbons (Fsp3) is 0. The Kier molecular flexibility index (Phi) is 2.53. The van der Waals surface area contributed by atoms with Gasteiger partial charge in [-0.05, 0) is 42.0 Å². The van der Waals surface area contributed by atoms with Crippen LogP contribution in [-0.2, 0) is 0 Å². The minimum atomic E-state index is 0.250. The zero-order chi connectivity index (χ0) is 12.4. The average molecular weight is 237 g/mol. The zero-order valence-corrected chi connectivity index (χ0v) is 9.56. The first-order chi connectivity index (χ1) is 8.83. The van der Waals surface area contributed by atoms with Crippen molar-refractivity contribution in [2.24, 2.45) is 5.10 Å². The Morgan fingerprint density at radius 1 is 1.06 bits per heavy atom. The summed E-state index contributed by atoms with van der Waals surface area (Å²) in [6.07, 6.45) is 3.41. The van der Waals surface area contributed by atoms with E-state index >= 15 is 0 Å². The highest BCUT2D eigenvalue weighted by Gasteiger charge is 1.98. The molecule has 0 saturated carbocycles. The molecule has 0 aliphatic rings. The number of fused-ring (bicyclic) bond motifs is 1. The Labute approximate surface area is 104 Å². The van der Waals surface area contributed by atoms with Crippen LogP contribution in [0.4, 0.5) is 0 Å². The first-order valence-corrected chi connectivity index (χ1v) is 5.58. The van der Waals surface area contributed by atoms with Crippen molar-refractivity contribution < 1.29 is 5.11 Å². The molecule has 0 bridgehead atoms. The van der Waals surface area contributed by atoms with Crippen LogP contribution < -0.4 is 0 Å². The SMILES string of the molecule is Oc1ccc(C=Nn2cnc3ccccc32)cc1. The number of aromatic nitrogens is 2. The molecule has 0 aliphatic heterocycles. The summed E-state index contributed by atoms with van der Waals surface area (Å²) in [6.45, 7) is 0. The van der Waals surface area contributed by atoms with Crippen molar-refractivity contribution in [3.8, 4) is 5.75 Å². The van der Waals surface area contributed by atoms with E-state index in [0.717, 1.165) is 16.6 Å². The summed E-state index contributed by atoms with van der Waals surface area (Å²) < 4.78 is 1.72. The van der Waals surface area contributed by atoms with Crippen LogP contribution in [0, 0.1) is 0 Å². The molecular weight excluding hydrogens is 226 g/mol. The van der Waals surface area contributed by atoms with Gasteiger partial charge < -0.3 is 5.11 Å². The predicted molar refractivity (Wildman–Crippen MR) is 70.8 cm³/mol. The molecule has 1 heterocycles. The molecule has 3 aromatic rings. The van der Waals surface area contributed by atoms with E-state index in [1.165, 1.54) is 0 Å². The lowest BCUT2D eigenvalue weighted by molar-refractivity contribution is 0.475. The molecule has 0 atom stereocenters. The Morgan fingerprint density at radius 3 is 2.67 bits per heavy atom. The monoisotopic (exact) mass is 237 g/mol. The van der Waals surface area contributed by atoms with Gasteiger partial charge in [-0.2, -0.15) is 5.10 Å². The number of benzene rings is 2. The maximum absolute atomic E-state index is 9.19. The topological polar surface area (TPSA) is 50.4 Å². The van der Waals surface area contributed by atoms with Crippen LogP contribution >= 0.6 is 0 Å². The molecule has 3 rings (SSSR count). The molecule has 0 saturated heterocycles. The number of nitrogens with zero attached hydrogens (tertiary/aromatic N) is 3. The second-order valence-electron chi connectivity index (χ2n) is 3.91. The van der Waals surface area contributed by atoms with E-state index < -0.39 is 0 Å². The fourth-order valence-electron chi connectivity index (χ4n) is 1.73. The third-order valence-electron chi connectivity index (χ3n) is 2.66. The van der Waals surface area contributed by atoms with Gasteiger partial charge in [-0.3, -0.25) is 0 Å². The minimum absolute atomic E-state index is 0.250. The molecule has 0 fully saturated rings. The number of imidazole rings is 1. The summed E-state index contributed by atoms with van der Waals surface area (Å²) in [5, 5.41) is 13.5. The third-order valence-corrected chi connectivity index (χ3v) is 2.66. The van der Waals surface area contributed by atoms with Gasteiger partial charge in [0, 0.05) is 0 Å². The van der Waals surface area contributed by atoms with Crippen LogP contribution in [0.25, 0.3) is 11.0 Å². The van der Waals surface area contributed by atoms with Crippen LogP contribution in [-0.4, -0.2) is 21.0 Å². The van der Waals surface area contributed by atoms with Gasteiger partial charge in [0.2, 0.25) is 0 Å². The fourth-order valence-corrected chi connectivity index (χ4v) is 1.73. The Balaban J connectivity index is 1.94. The van der Waals surface area contributed by atoms with Gasteiger partial charge in [0.1, 0.15) is 12.1 Å². The summed E-state index contributed by atoms with van der Waals surface area (Å²) in [7, 11) is 0. The number of hydrogen-bond donors (Lipinski definition) is 1. The van der Waals surface area contributed by atoms with Crippen LogP contribution in [0.3, 0.4) is 0 Å². The van der Waals surface area contributed by atoms with E-state index in [-0.39, 0.29) is 5.75 Å². The van der Waals surface area contributed by atoms with Crippen molar-refractivity contribution in [3.05, 3.63) is 60.4 Å². The molecule has 88 valence electrons. The van der Waals surface area contributed by atoms with Crippen molar-refractivity contribution in [2.75, 3.05) is 0 Å². The number of phenols is 1. The first-order valence-electron chi connectivity index (χ1n) is 5.58.